The number of nitrogens with one attached hydrogen (secondary N) is 2. The van der Waals surface area contributed by atoms with Crippen molar-refractivity contribution in [3.05, 3.63) is 69.2 Å². The molecule has 0 radical (unpaired) electrons. The minimum atomic E-state index is -0.321. The zero-order valence-corrected chi connectivity index (χ0v) is 18.6. The molecule has 7 nitrogen and oxygen atoms in total. The number of ether oxygens (including phenoxy) is 2. The van der Waals surface area contributed by atoms with E-state index >= 15 is 0 Å². The van der Waals surface area contributed by atoms with E-state index in [1.54, 1.807) is 30.3 Å². The van der Waals surface area contributed by atoms with Crippen LogP contribution in [0.4, 0.5) is 5.13 Å². The van der Waals surface area contributed by atoms with E-state index in [1.807, 2.05) is 12.1 Å². The first-order chi connectivity index (χ1) is 15.6. The highest BCUT2D eigenvalue weighted by Crippen LogP contribution is 2.37. The van der Waals surface area contributed by atoms with Crippen LogP contribution in [0.5, 0.6) is 11.5 Å². The van der Waals surface area contributed by atoms with Gasteiger partial charge in [-0.1, -0.05) is 23.7 Å². The van der Waals surface area contributed by atoms with Crippen LogP contribution in [-0.4, -0.2) is 23.6 Å². The van der Waals surface area contributed by atoms with Crippen LogP contribution in [0.3, 0.4) is 0 Å². The molecule has 32 heavy (non-hydrogen) atoms. The van der Waals surface area contributed by atoms with Crippen molar-refractivity contribution in [2.75, 3.05) is 12.1 Å². The highest BCUT2D eigenvalue weighted by molar-refractivity contribution is 7.16. The Kier molecular flexibility index (Phi) is 5.71. The number of thiazole rings is 1. The summed E-state index contributed by atoms with van der Waals surface area (Å²) in [5, 5.41) is 7.01. The van der Waals surface area contributed by atoms with Crippen molar-refractivity contribution < 1.29 is 19.1 Å². The van der Waals surface area contributed by atoms with Crippen LogP contribution in [0.1, 0.15) is 45.3 Å². The normalized spacial score (nSPS) is 16.3. The van der Waals surface area contributed by atoms with Gasteiger partial charge in [0.1, 0.15) is 0 Å². The van der Waals surface area contributed by atoms with Crippen molar-refractivity contribution in [1.82, 2.24) is 10.3 Å². The van der Waals surface area contributed by atoms with Crippen molar-refractivity contribution in [3.63, 3.8) is 0 Å². The minimum Gasteiger partial charge on any atom is -0.454 e. The minimum absolute atomic E-state index is 0.0557. The Morgan fingerprint density at radius 2 is 1.94 bits per heavy atom. The summed E-state index contributed by atoms with van der Waals surface area (Å²) in [6.07, 6.45) is 2.50. The molecule has 1 aliphatic heterocycles. The van der Waals surface area contributed by atoms with E-state index in [-0.39, 0.29) is 24.5 Å². The van der Waals surface area contributed by atoms with Crippen molar-refractivity contribution >= 4 is 39.9 Å². The summed E-state index contributed by atoms with van der Waals surface area (Å²) in [7, 11) is 0. The van der Waals surface area contributed by atoms with Crippen molar-refractivity contribution in [2.45, 2.75) is 31.7 Å². The number of anilines is 1. The van der Waals surface area contributed by atoms with Gasteiger partial charge in [0.05, 0.1) is 11.6 Å². The van der Waals surface area contributed by atoms with Gasteiger partial charge in [0, 0.05) is 22.0 Å². The molecule has 1 aromatic heterocycles. The Morgan fingerprint density at radius 1 is 1.12 bits per heavy atom. The largest absolute Gasteiger partial charge is 0.454 e. The first-order valence-electron chi connectivity index (χ1n) is 10.3. The standard InChI is InChI=1S/C23H20ClN3O4S/c24-15-7-4-13(5-8-15)11-25-22(29)16-2-1-3-19-20(16)26-23(32-19)27-21(28)14-6-9-17-18(10-14)31-12-30-17/h4-10,16H,1-3,11-12H2,(H,25,29)(H,26,27,28). The van der Waals surface area contributed by atoms with E-state index in [9.17, 15) is 9.59 Å². The third-order valence-corrected chi connectivity index (χ3v) is 6.80. The van der Waals surface area contributed by atoms with Gasteiger partial charge in [-0.05, 0) is 55.2 Å². The SMILES string of the molecule is O=C(Nc1nc2c(s1)CCCC2C(=O)NCc1ccc(Cl)cc1)c1ccc2c(c1)OCO2. The number of amides is 2. The zero-order valence-electron chi connectivity index (χ0n) is 17.0. The van der Waals surface area contributed by atoms with Crippen molar-refractivity contribution in [1.29, 1.82) is 0 Å². The summed E-state index contributed by atoms with van der Waals surface area (Å²) in [6, 6.07) is 12.4. The smallest absolute Gasteiger partial charge is 0.257 e. The van der Waals surface area contributed by atoms with Gasteiger partial charge in [-0.3, -0.25) is 14.9 Å². The van der Waals surface area contributed by atoms with Gasteiger partial charge < -0.3 is 14.8 Å². The lowest BCUT2D eigenvalue weighted by Crippen LogP contribution is -2.31. The molecule has 0 saturated carbocycles. The maximum Gasteiger partial charge on any atom is 0.257 e. The Labute approximate surface area is 193 Å². The van der Waals surface area contributed by atoms with E-state index in [1.165, 1.54) is 11.3 Å². The zero-order chi connectivity index (χ0) is 22.1. The van der Waals surface area contributed by atoms with E-state index in [0.29, 0.717) is 33.8 Å². The van der Waals surface area contributed by atoms with E-state index in [0.717, 1.165) is 35.4 Å². The van der Waals surface area contributed by atoms with E-state index in [2.05, 4.69) is 15.6 Å². The number of hydrogen-bond donors (Lipinski definition) is 2. The van der Waals surface area contributed by atoms with Crippen LogP contribution in [0.25, 0.3) is 0 Å². The molecule has 0 fully saturated rings. The Hall–Kier alpha value is -3.10. The second-order valence-electron chi connectivity index (χ2n) is 7.64. The Bertz CT molecular complexity index is 1180. The van der Waals surface area contributed by atoms with Gasteiger partial charge in [-0.2, -0.15) is 0 Å². The monoisotopic (exact) mass is 469 g/mol. The molecular weight excluding hydrogens is 450 g/mol. The third-order valence-electron chi connectivity index (χ3n) is 5.51. The number of benzene rings is 2. The maximum absolute atomic E-state index is 12.9. The predicted octanol–water partition coefficient (Wildman–Crippen LogP) is 4.51. The first kappa shape index (κ1) is 20.8. The molecule has 5 rings (SSSR count). The average Bonchev–Trinajstić information content (AvgIpc) is 3.44. The number of aromatic nitrogens is 1. The molecule has 2 aromatic carbocycles. The predicted molar refractivity (Wildman–Crippen MR) is 122 cm³/mol. The molecule has 2 aliphatic rings. The fourth-order valence-electron chi connectivity index (χ4n) is 3.85. The number of halogens is 1. The molecule has 0 saturated heterocycles. The second kappa shape index (κ2) is 8.80. The van der Waals surface area contributed by atoms with Crippen LogP contribution in [0.15, 0.2) is 42.5 Å². The lowest BCUT2D eigenvalue weighted by molar-refractivity contribution is -0.123. The average molecular weight is 470 g/mol. The summed E-state index contributed by atoms with van der Waals surface area (Å²) >= 11 is 7.35. The van der Waals surface area contributed by atoms with Gasteiger partial charge in [-0.25, -0.2) is 4.98 Å². The number of hydrogen-bond acceptors (Lipinski definition) is 6. The number of fused-ring (bicyclic) bond motifs is 2. The quantitative estimate of drug-likeness (QED) is 0.573. The molecule has 2 heterocycles. The fourth-order valence-corrected chi connectivity index (χ4v) is 5.03. The van der Waals surface area contributed by atoms with Crippen LogP contribution in [0.2, 0.25) is 5.02 Å². The molecule has 2 amide bonds. The molecule has 9 heteroatoms. The summed E-state index contributed by atoms with van der Waals surface area (Å²) < 4.78 is 10.6. The highest BCUT2D eigenvalue weighted by Gasteiger charge is 2.30. The molecule has 0 bridgehead atoms. The molecule has 1 unspecified atom stereocenters. The van der Waals surface area contributed by atoms with Gasteiger partial charge >= 0.3 is 0 Å². The van der Waals surface area contributed by atoms with Crippen molar-refractivity contribution in [3.8, 4) is 11.5 Å². The van der Waals surface area contributed by atoms with Crippen LogP contribution < -0.4 is 20.1 Å². The Morgan fingerprint density at radius 3 is 2.78 bits per heavy atom. The molecule has 3 aromatic rings. The topological polar surface area (TPSA) is 89.6 Å². The van der Waals surface area contributed by atoms with Crippen LogP contribution >= 0.6 is 22.9 Å². The molecule has 1 aliphatic carbocycles. The number of carbonyl (C=O) groups excluding carboxylic acids is 2. The molecule has 2 N–H and O–H groups in total. The highest BCUT2D eigenvalue weighted by atomic mass is 35.5. The lowest BCUT2D eigenvalue weighted by Gasteiger charge is -2.20. The Balaban J connectivity index is 1.27. The molecular formula is C23H20ClN3O4S. The summed E-state index contributed by atoms with van der Waals surface area (Å²) in [5.74, 6) is 0.517. The summed E-state index contributed by atoms with van der Waals surface area (Å²) in [6.45, 7) is 0.584. The fraction of sp³-hybridized carbons (Fsp3) is 0.261. The van der Waals surface area contributed by atoms with E-state index in [4.69, 9.17) is 21.1 Å². The number of nitrogens with zero attached hydrogens (tertiary/aromatic N) is 1. The number of rotatable bonds is 5. The number of carbonyl (C=O) groups is 2. The van der Waals surface area contributed by atoms with Crippen molar-refractivity contribution in [2.24, 2.45) is 0 Å². The second-order valence-corrected chi connectivity index (χ2v) is 9.16. The summed E-state index contributed by atoms with van der Waals surface area (Å²) in [4.78, 5) is 31.2. The van der Waals surface area contributed by atoms with Gasteiger partial charge in [0.15, 0.2) is 16.6 Å². The lowest BCUT2D eigenvalue weighted by atomic mass is 9.90. The first-order valence-corrected chi connectivity index (χ1v) is 11.5. The van der Waals surface area contributed by atoms with Crippen LogP contribution in [-0.2, 0) is 17.8 Å². The summed E-state index contributed by atoms with van der Waals surface area (Å²) in [5.41, 5.74) is 2.20. The van der Waals surface area contributed by atoms with Crippen LogP contribution in [0, 0.1) is 0 Å². The van der Waals surface area contributed by atoms with Gasteiger partial charge in [0.2, 0.25) is 12.7 Å². The maximum atomic E-state index is 12.9. The van der Waals surface area contributed by atoms with E-state index < -0.39 is 0 Å². The van der Waals surface area contributed by atoms with Gasteiger partial charge in [0.25, 0.3) is 5.91 Å². The third kappa shape index (κ3) is 4.28. The molecule has 164 valence electrons. The number of aryl methyl sites for hydroxylation is 1. The molecule has 0 spiro atoms. The molecule has 1 atom stereocenters. The van der Waals surface area contributed by atoms with Gasteiger partial charge in [-0.15, -0.1) is 11.3 Å².